The maximum atomic E-state index is 6.32. The zero-order chi connectivity index (χ0) is 17.5. The molecule has 2 heterocycles. The van der Waals surface area contributed by atoms with Gasteiger partial charge in [-0.15, -0.1) is 0 Å². The fourth-order valence-electron chi connectivity index (χ4n) is 3.34. The lowest BCUT2D eigenvalue weighted by molar-refractivity contribution is 1.32. The molecule has 0 unspecified atom stereocenters. The van der Waals surface area contributed by atoms with Gasteiger partial charge in [-0.25, -0.2) is 9.97 Å². The number of fused-ring (bicyclic) bond motifs is 1. The third-order valence-electron chi connectivity index (χ3n) is 4.85. The van der Waals surface area contributed by atoms with Crippen LogP contribution in [0.15, 0.2) is 72.9 Å². The van der Waals surface area contributed by atoms with Crippen LogP contribution in [0.4, 0.5) is 0 Å². The molecule has 0 aliphatic heterocycles. The van der Waals surface area contributed by atoms with E-state index in [2.05, 4.69) is 47.4 Å². The fourth-order valence-corrected chi connectivity index (χ4v) is 3.54. The van der Waals surface area contributed by atoms with Crippen LogP contribution >= 0.6 is 11.6 Å². The zero-order valence-electron chi connectivity index (χ0n) is 14.1. The van der Waals surface area contributed by atoms with E-state index in [9.17, 15) is 0 Å². The molecule has 125 valence electrons. The van der Waals surface area contributed by atoms with Crippen LogP contribution in [-0.4, -0.2) is 9.97 Å². The standard InChI is InChI=1S/C23H16ClN2/c24-23-20-14-19(17-4-2-1-3-5-17)22(26-21(20)12-13-25-23)18-10-8-16(9-11-18)15-6-7-15/h1-5,8-14H,6-7H2. The highest BCUT2D eigenvalue weighted by Crippen LogP contribution is 2.40. The van der Waals surface area contributed by atoms with Crippen LogP contribution in [-0.2, 0) is 0 Å². The summed E-state index contributed by atoms with van der Waals surface area (Å²) >= 11 is 6.32. The smallest absolute Gasteiger partial charge is 0.138 e. The van der Waals surface area contributed by atoms with Crippen molar-refractivity contribution in [3.8, 4) is 22.4 Å². The summed E-state index contributed by atoms with van der Waals surface area (Å²) in [5, 5.41) is 1.36. The molecule has 1 aliphatic carbocycles. The highest BCUT2D eigenvalue weighted by atomic mass is 35.5. The first-order chi connectivity index (χ1) is 12.8. The molecule has 1 aliphatic rings. The number of pyridine rings is 2. The molecule has 0 saturated heterocycles. The number of nitrogens with zero attached hydrogens (tertiary/aromatic N) is 2. The van der Waals surface area contributed by atoms with E-state index in [0.717, 1.165) is 33.3 Å². The second-order valence-electron chi connectivity index (χ2n) is 6.60. The van der Waals surface area contributed by atoms with Crippen LogP contribution < -0.4 is 0 Å². The molecule has 2 aromatic heterocycles. The Labute approximate surface area is 157 Å². The lowest BCUT2D eigenvalue weighted by Crippen LogP contribution is -1.93. The van der Waals surface area contributed by atoms with Gasteiger partial charge in [0.15, 0.2) is 0 Å². The van der Waals surface area contributed by atoms with Crippen molar-refractivity contribution in [1.82, 2.24) is 9.97 Å². The maximum Gasteiger partial charge on any atom is 0.138 e. The van der Waals surface area contributed by atoms with Gasteiger partial charge in [-0.1, -0.05) is 66.2 Å². The number of halogens is 1. The largest absolute Gasteiger partial charge is 0.247 e. The van der Waals surface area contributed by atoms with Crippen molar-refractivity contribution < 1.29 is 0 Å². The minimum absolute atomic E-state index is 0.485. The molecule has 2 aromatic carbocycles. The Morgan fingerprint density at radius 2 is 1.50 bits per heavy atom. The first kappa shape index (κ1) is 15.5. The second kappa shape index (κ2) is 6.22. The molecule has 0 bridgehead atoms. The summed E-state index contributed by atoms with van der Waals surface area (Å²) in [6.45, 7) is 0. The van der Waals surface area contributed by atoms with E-state index in [4.69, 9.17) is 16.6 Å². The Kier molecular flexibility index (Phi) is 3.72. The SMILES string of the molecule is Clc1nccc2nc(-c3ccc([C]4CC4)cc3)c(-c3ccccc3)cc12. The Balaban J connectivity index is 1.74. The third-order valence-corrected chi connectivity index (χ3v) is 5.15. The van der Waals surface area contributed by atoms with E-state index in [1.54, 1.807) is 12.1 Å². The Hall–Kier alpha value is -2.71. The molecule has 0 amide bonds. The number of benzene rings is 2. The molecule has 3 heteroatoms. The number of hydrogen-bond donors (Lipinski definition) is 0. The molecule has 1 saturated carbocycles. The predicted molar refractivity (Wildman–Crippen MR) is 107 cm³/mol. The van der Waals surface area contributed by atoms with Gasteiger partial charge in [0.25, 0.3) is 0 Å². The molecule has 1 radical (unpaired) electrons. The lowest BCUT2D eigenvalue weighted by Gasteiger charge is -2.12. The van der Waals surface area contributed by atoms with Gasteiger partial charge in [-0.05, 0) is 36.1 Å². The van der Waals surface area contributed by atoms with Crippen molar-refractivity contribution in [3.05, 3.63) is 89.6 Å². The number of rotatable bonds is 3. The normalized spacial score (nSPS) is 13.9. The van der Waals surface area contributed by atoms with E-state index < -0.39 is 0 Å². The molecule has 0 spiro atoms. The summed E-state index contributed by atoms with van der Waals surface area (Å²) in [6.07, 6.45) is 4.17. The Morgan fingerprint density at radius 1 is 0.769 bits per heavy atom. The van der Waals surface area contributed by atoms with Crippen LogP contribution in [0.3, 0.4) is 0 Å². The summed E-state index contributed by atoms with van der Waals surface area (Å²) in [7, 11) is 0. The molecular formula is C23H16ClN2. The average molecular weight is 356 g/mol. The first-order valence-electron chi connectivity index (χ1n) is 8.76. The summed E-state index contributed by atoms with van der Waals surface area (Å²) in [5.41, 5.74) is 6.49. The maximum absolute atomic E-state index is 6.32. The zero-order valence-corrected chi connectivity index (χ0v) is 14.9. The van der Waals surface area contributed by atoms with E-state index >= 15 is 0 Å². The lowest BCUT2D eigenvalue weighted by atomic mass is 9.97. The van der Waals surface area contributed by atoms with Gasteiger partial charge in [0.1, 0.15) is 5.15 Å². The van der Waals surface area contributed by atoms with E-state index in [1.165, 1.54) is 18.4 Å². The van der Waals surface area contributed by atoms with Crippen LogP contribution in [0.25, 0.3) is 33.3 Å². The molecular weight excluding hydrogens is 340 g/mol. The number of aromatic nitrogens is 2. The van der Waals surface area contributed by atoms with Crippen LogP contribution in [0, 0.1) is 5.92 Å². The summed E-state index contributed by atoms with van der Waals surface area (Å²) in [6, 6.07) is 23.1. The third kappa shape index (κ3) is 2.77. The fraction of sp³-hybridized carbons (Fsp3) is 0.0870. The molecule has 4 aromatic rings. The number of hydrogen-bond acceptors (Lipinski definition) is 2. The predicted octanol–water partition coefficient (Wildman–Crippen LogP) is 6.33. The van der Waals surface area contributed by atoms with Gasteiger partial charge >= 0.3 is 0 Å². The van der Waals surface area contributed by atoms with Crippen molar-refractivity contribution >= 4 is 22.5 Å². The van der Waals surface area contributed by atoms with Gasteiger partial charge in [0, 0.05) is 28.6 Å². The topological polar surface area (TPSA) is 25.8 Å². The second-order valence-corrected chi connectivity index (χ2v) is 6.96. The molecule has 0 atom stereocenters. The van der Waals surface area contributed by atoms with E-state index in [1.807, 2.05) is 24.3 Å². The summed E-state index contributed by atoms with van der Waals surface area (Å²) < 4.78 is 0. The minimum Gasteiger partial charge on any atom is -0.247 e. The highest BCUT2D eigenvalue weighted by Gasteiger charge is 2.24. The summed E-state index contributed by atoms with van der Waals surface area (Å²) in [4.78, 5) is 9.15. The van der Waals surface area contributed by atoms with Crippen LogP contribution in [0.1, 0.15) is 18.4 Å². The van der Waals surface area contributed by atoms with E-state index in [-0.39, 0.29) is 0 Å². The van der Waals surface area contributed by atoms with Gasteiger partial charge < -0.3 is 0 Å². The molecule has 1 fully saturated rings. The molecule has 0 N–H and O–H groups in total. The molecule has 5 rings (SSSR count). The summed E-state index contributed by atoms with van der Waals surface area (Å²) in [5.74, 6) is 1.55. The highest BCUT2D eigenvalue weighted by molar-refractivity contribution is 6.34. The van der Waals surface area contributed by atoms with Gasteiger partial charge in [-0.3, -0.25) is 0 Å². The van der Waals surface area contributed by atoms with Gasteiger partial charge in [-0.2, -0.15) is 0 Å². The van der Waals surface area contributed by atoms with Crippen LogP contribution in [0.2, 0.25) is 5.15 Å². The van der Waals surface area contributed by atoms with Gasteiger partial charge in [0.05, 0.1) is 11.2 Å². The minimum atomic E-state index is 0.485. The van der Waals surface area contributed by atoms with Crippen molar-refractivity contribution in [2.45, 2.75) is 12.8 Å². The first-order valence-corrected chi connectivity index (χ1v) is 9.13. The average Bonchev–Trinajstić information content (AvgIpc) is 3.54. The quantitative estimate of drug-likeness (QED) is 0.401. The molecule has 26 heavy (non-hydrogen) atoms. The van der Waals surface area contributed by atoms with Gasteiger partial charge in [0.2, 0.25) is 0 Å². The van der Waals surface area contributed by atoms with Crippen molar-refractivity contribution in [2.24, 2.45) is 0 Å². The molecule has 2 nitrogen and oxygen atoms in total. The monoisotopic (exact) mass is 355 g/mol. The van der Waals surface area contributed by atoms with Crippen molar-refractivity contribution in [3.63, 3.8) is 0 Å². The van der Waals surface area contributed by atoms with Crippen LogP contribution in [0.5, 0.6) is 0 Å². The van der Waals surface area contributed by atoms with Crippen molar-refractivity contribution in [1.29, 1.82) is 0 Å². The van der Waals surface area contributed by atoms with Crippen molar-refractivity contribution in [2.75, 3.05) is 0 Å². The Morgan fingerprint density at radius 3 is 2.23 bits per heavy atom. The Bertz CT molecular complexity index is 1080. The van der Waals surface area contributed by atoms with E-state index in [0.29, 0.717) is 5.15 Å².